The molecule has 0 saturated carbocycles. The first kappa shape index (κ1) is 21.4. The largest absolute Gasteiger partial charge is 0.505 e. The van der Waals surface area contributed by atoms with Gasteiger partial charge in [0.15, 0.2) is 11.4 Å². The number of para-hydroxylation sites is 4. The third-order valence-electron chi connectivity index (χ3n) is 5.75. The zero-order valence-corrected chi connectivity index (χ0v) is 18.5. The average molecular weight is 458 g/mol. The fourth-order valence-corrected chi connectivity index (χ4v) is 3.96. The van der Waals surface area contributed by atoms with Crippen molar-refractivity contribution in [2.75, 3.05) is 38.2 Å². The van der Waals surface area contributed by atoms with Crippen LogP contribution in [0.2, 0.25) is 0 Å². The van der Waals surface area contributed by atoms with Crippen molar-refractivity contribution < 1.29 is 14.6 Å². The minimum absolute atomic E-state index is 0.190. The van der Waals surface area contributed by atoms with E-state index in [1.807, 2.05) is 24.3 Å². The van der Waals surface area contributed by atoms with Gasteiger partial charge in [-0.2, -0.15) is 9.78 Å². The Balaban J connectivity index is 1.36. The summed E-state index contributed by atoms with van der Waals surface area (Å²) in [5.41, 5.74) is 1.25. The Morgan fingerprint density at radius 1 is 1.00 bits per heavy atom. The number of nitrogens with zero attached hydrogens (tertiary/aromatic N) is 6. The zero-order chi connectivity index (χ0) is 23.7. The Bertz CT molecular complexity index is 1430. The molecular weight excluding hydrogens is 436 g/mol. The number of hydrogen-bond acceptors (Lipinski definition) is 8. The van der Waals surface area contributed by atoms with Crippen molar-refractivity contribution in [1.82, 2.24) is 24.6 Å². The lowest BCUT2D eigenvalue weighted by atomic mass is 10.2. The Morgan fingerprint density at radius 3 is 2.47 bits per heavy atom. The summed E-state index contributed by atoms with van der Waals surface area (Å²) in [6, 6.07) is 15.5. The maximum absolute atomic E-state index is 13.2. The minimum Gasteiger partial charge on any atom is -0.505 e. The molecule has 2 aromatic heterocycles. The van der Waals surface area contributed by atoms with Crippen LogP contribution in [0.15, 0.2) is 65.6 Å². The summed E-state index contributed by atoms with van der Waals surface area (Å²) in [5, 5.41) is 14.5. The van der Waals surface area contributed by atoms with E-state index in [2.05, 4.69) is 20.0 Å². The fraction of sp³-hybridized carbons (Fsp3) is 0.208. The number of aromatic hydroxyl groups is 1. The van der Waals surface area contributed by atoms with Gasteiger partial charge < -0.3 is 19.6 Å². The molecule has 0 radical (unpaired) electrons. The normalized spacial score (nSPS) is 13.8. The summed E-state index contributed by atoms with van der Waals surface area (Å²) in [7, 11) is 1.48. The monoisotopic (exact) mass is 458 g/mol. The van der Waals surface area contributed by atoms with Gasteiger partial charge in [0.05, 0.1) is 24.3 Å². The van der Waals surface area contributed by atoms with Gasteiger partial charge in [-0.05, 0) is 24.3 Å². The number of ether oxygens (including phenoxy) is 1. The molecule has 1 fully saturated rings. The van der Waals surface area contributed by atoms with E-state index in [9.17, 15) is 14.7 Å². The van der Waals surface area contributed by atoms with E-state index >= 15 is 0 Å². The topological polar surface area (TPSA) is 114 Å². The van der Waals surface area contributed by atoms with Gasteiger partial charge in [-0.25, -0.2) is 4.98 Å². The molecule has 1 saturated heterocycles. The number of carbonyl (C=O) groups excluding carboxylic acids is 1. The van der Waals surface area contributed by atoms with E-state index in [4.69, 9.17) is 4.74 Å². The molecule has 10 nitrogen and oxygen atoms in total. The molecule has 3 heterocycles. The van der Waals surface area contributed by atoms with Crippen LogP contribution in [0.4, 0.5) is 5.82 Å². The molecule has 0 bridgehead atoms. The van der Waals surface area contributed by atoms with Gasteiger partial charge in [-0.3, -0.25) is 14.6 Å². The summed E-state index contributed by atoms with van der Waals surface area (Å²) in [6.07, 6.45) is 1.73. The lowest BCUT2D eigenvalue weighted by Gasteiger charge is -2.35. The molecular formula is C24H22N6O4. The molecule has 172 valence electrons. The first-order valence-electron chi connectivity index (χ1n) is 10.8. The van der Waals surface area contributed by atoms with Crippen LogP contribution in [0, 0.1) is 0 Å². The molecule has 0 spiro atoms. The third kappa shape index (κ3) is 3.90. The molecule has 1 amide bonds. The van der Waals surface area contributed by atoms with Gasteiger partial charge >= 0.3 is 0 Å². The molecule has 1 N–H and O–H groups in total. The van der Waals surface area contributed by atoms with Gasteiger partial charge in [-0.15, -0.1) is 0 Å². The second-order valence-corrected chi connectivity index (χ2v) is 7.80. The number of hydrogen-bond donors (Lipinski definition) is 1. The first-order valence-corrected chi connectivity index (χ1v) is 10.8. The summed E-state index contributed by atoms with van der Waals surface area (Å²) in [6.45, 7) is 1.90. The zero-order valence-electron chi connectivity index (χ0n) is 18.5. The van der Waals surface area contributed by atoms with Crippen LogP contribution in [0.25, 0.3) is 16.7 Å². The van der Waals surface area contributed by atoms with Crippen LogP contribution in [0.3, 0.4) is 0 Å². The van der Waals surface area contributed by atoms with Crippen molar-refractivity contribution in [3.8, 4) is 17.2 Å². The van der Waals surface area contributed by atoms with E-state index in [1.54, 1.807) is 35.4 Å². The molecule has 1 aliphatic heterocycles. The SMILES string of the molecule is COc1ccccc1-n1nc(C(=O)N2CCN(c3cnc4ccccc4n3)CC2)c(O)cc1=O. The number of benzene rings is 2. The number of aromatic nitrogens is 4. The lowest BCUT2D eigenvalue weighted by Crippen LogP contribution is -2.49. The predicted molar refractivity (Wildman–Crippen MR) is 126 cm³/mol. The summed E-state index contributed by atoms with van der Waals surface area (Å²) in [5.74, 6) is 0.261. The van der Waals surface area contributed by atoms with Crippen LogP contribution < -0.4 is 15.2 Å². The van der Waals surface area contributed by atoms with Crippen molar-refractivity contribution in [3.63, 3.8) is 0 Å². The van der Waals surface area contributed by atoms with E-state index in [0.717, 1.165) is 27.6 Å². The van der Waals surface area contributed by atoms with Gasteiger partial charge in [0.2, 0.25) is 0 Å². The quantitative estimate of drug-likeness (QED) is 0.493. The van der Waals surface area contributed by atoms with E-state index in [1.165, 1.54) is 7.11 Å². The predicted octanol–water partition coefficient (Wildman–Crippen LogP) is 1.85. The number of fused-ring (bicyclic) bond motifs is 1. The molecule has 34 heavy (non-hydrogen) atoms. The van der Waals surface area contributed by atoms with Crippen molar-refractivity contribution >= 4 is 22.8 Å². The maximum Gasteiger partial charge on any atom is 0.278 e. The second-order valence-electron chi connectivity index (χ2n) is 7.80. The van der Waals surface area contributed by atoms with Gasteiger partial charge in [-0.1, -0.05) is 24.3 Å². The number of anilines is 1. The van der Waals surface area contributed by atoms with Crippen molar-refractivity contribution in [1.29, 1.82) is 0 Å². The highest BCUT2D eigenvalue weighted by Crippen LogP contribution is 2.23. The highest BCUT2D eigenvalue weighted by molar-refractivity contribution is 5.94. The Morgan fingerprint density at radius 2 is 1.71 bits per heavy atom. The molecule has 0 unspecified atom stereocenters. The number of rotatable bonds is 4. The summed E-state index contributed by atoms with van der Waals surface area (Å²) < 4.78 is 6.37. The number of amides is 1. The van der Waals surface area contributed by atoms with E-state index in [0.29, 0.717) is 37.6 Å². The molecule has 5 rings (SSSR count). The lowest BCUT2D eigenvalue weighted by molar-refractivity contribution is 0.0735. The van der Waals surface area contributed by atoms with E-state index in [-0.39, 0.29) is 5.69 Å². The van der Waals surface area contributed by atoms with Crippen molar-refractivity contribution in [2.24, 2.45) is 0 Å². The summed E-state index contributed by atoms with van der Waals surface area (Å²) in [4.78, 5) is 38.5. The number of piperazine rings is 1. The van der Waals surface area contributed by atoms with Crippen LogP contribution in [0.5, 0.6) is 11.5 Å². The molecule has 0 aliphatic carbocycles. The highest BCUT2D eigenvalue weighted by atomic mass is 16.5. The van der Waals surface area contributed by atoms with Gasteiger partial charge in [0.25, 0.3) is 11.5 Å². The Kier molecular flexibility index (Phi) is 5.54. The minimum atomic E-state index is -0.571. The Hall–Kier alpha value is -4.47. The first-order chi connectivity index (χ1) is 16.5. The molecule has 10 heteroatoms. The summed E-state index contributed by atoms with van der Waals surface area (Å²) >= 11 is 0. The van der Waals surface area contributed by atoms with Crippen LogP contribution in [-0.2, 0) is 0 Å². The molecule has 0 atom stereocenters. The smallest absolute Gasteiger partial charge is 0.278 e. The van der Waals surface area contributed by atoms with Crippen LogP contribution in [0.1, 0.15) is 10.5 Å². The maximum atomic E-state index is 13.2. The number of methoxy groups -OCH3 is 1. The Labute approximate surface area is 194 Å². The second kappa shape index (κ2) is 8.81. The highest BCUT2D eigenvalue weighted by Gasteiger charge is 2.27. The standard InChI is InChI=1S/C24H22N6O4/c1-34-20-9-5-4-8-18(20)30-22(32)14-19(31)23(27-30)24(33)29-12-10-28(11-13-29)21-15-25-16-6-2-3-7-17(16)26-21/h2-9,14-15,31H,10-13H2,1H3. The fourth-order valence-electron chi connectivity index (χ4n) is 3.96. The number of carbonyl (C=O) groups is 1. The third-order valence-corrected chi connectivity index (χ3v) is 5.75. The molecule has 1 aliphatic rings. The van der Waals surface area contributed by atoms with Crippen molar-refractivity contribution in [2.45, 2.75) is 0 Å². The van der Waals surface area contributed by atoms with E-state index < -0.39 is 17.2 Å². The van der Waals surface area contributed by atoms with Crippen LogP contribution >= 0.6 is 0 Å². The van der Waals surface area contributed by atoms with Gasteiger partial charge in [0.1, 0.15) is 17.3 Å². The average Bonchev–Trinajstić information content (AvgIpc) is 2.88. The molecule has 4 aromatic rings. The van der Waals surface area contributed by atoms with Crippen molar-refractivity contribution in [3.05, 3.63) is 76.8 Å². The van der Waals surface area contributed by atoms with Gasteiger partial charge in [0, 0.05) is 32.2 Å². The molecule has 2 aromatic carbocycles. The van der Waals surface area contributed by atoms with Crippen LogP contribution in [-0.4, -0.2) is 69.0 Å².